The number of fused-ring (bicyclic) bond motifs is 1. The minimum absolute atomic E-state index is 0.260. The number of ether oxygens (including phenoxy) is 2. The number of methoxy groups -OCH3 is 1. The van der Waals surface area contributed by atoms with Crippen LogP contribution in [0.15, 0.2) is 36.4 Å². The highest BCUT2D eigenvalue weighted by atomic mass is 32.1. The fourth-order valence-corrected chi connectivity index (χ4v) is 3.33. The summed E-state index contributed by atoms with van der Waals surface area (Å²) in [5.41, 5.74) is 7.61. The summed E-state index contributed by atoms with van der Waals surface area (Å²) in [5, 5.41) is 0.712. The monoisotopic (exact) mass is 356 g/mol. The molecule has 0 spiro atoms. The zero-order chi connectivity index (χ0) is 18.0. The van der Waals surface area contributed by atoms with Gasteiger partial charge in [0, 0.05) is 16.6 Å². The molecule has 0 amide bonds. The number of pyridine rings is 1. The van der Waals surface area contributed by atoms with E-state index in [-0.39, 0.29) is 17.3 Å². The van der Waals surface area contributed by atoms with Crippen molar-refractivity contribution in [3.05, 3.63) is 52.5 Å². The molecule has 25 heavy (non-hydrogen) atoms. The number of nitrogens with zero attached hydrogens (tertiary/aromatic N) is 1. The molecule has 7 heteroatoms. The summed E-state index contributed by atoms with van der Waals surface area (Å²) in [6.45, 7) is 1.51. The third-order valence-corrected chi connectivity index (χ3v) is 4.76. The van der Waals surface area contributed by atoms with Crippen molar-refractivity contribution in [2.45, 2.75) is 6.92 Å². The van der Waals surface area contributed by atoms with Crippen LogP contribution in [-0.4, -0.2) is 30.5 Å². The molecule has 0 bridgehead atoms. The molecular formula is C18H16N2O4S. The summed E-state index contributed by atoms with van der Waals surface area (Å²) < 4.78 is 10.2. The van der Waals surface area contributed by atoms with Crippen LogP contribution in [0, 0.1) is 6.92 Å². The lowest BCUT2D eigenvalue weighted by Gasteiger charge is -2.05. The number of esters is 1. The number of nitrogen functional groups attached to an aromatic ring is 1. The van der Waals surface area contributed by atoms with Crippen LogP contribution in [-0.2, 0) is 4.74 Å². The number of rotatable bonds is 5. The van der Waals surface area contributed by atoms with Gasteiger partial charge >= 0.3 is 5.97 Å². The SMILES string of the molecule is COc1ccc(C(=O)COC(=O)c2sc3nc(C)ccc3c2N)cc1. The first-order chi connectivity index (χ1) is 12.0. The van der Waals surface area contributed by atoms with Gasteiger partial charge in [0.2, 0.25) is 0 Å². The van der Waals surface area contributed by atoms with Crippen LogP contribution in [0.4, 0.5) is 5.69 Å². The number of nitrogens with two attached hydrogens (primary N) is 1. The van der Waals surface area contributed by atoms with Crippen molar-refractivity contribution in [1.29, 1.82) is 0 Å². The van der Waals surface area contributed by atoms with Crippen LogP contribution in [0.2, 0.25) is 0 Å². The first kappa shape index (κ1) is 16.9. The Labute approximate surface area is 148 Å². The minimum atomic E-state index is -0.625. The predicted octanol–water partition coefficient (Wildman–Crippen LogP) is 3.24. The lowest BCUT2D eigenvalue weighted by Crippen LogP contribution is -2.14. The molecule has 0 aliphatic carbocycles. The van der Waals surface area contributed by atoms with E-state index in [0.29, 0.717) is 27.2 Å². The molecular weight excluding hydrogens is 340 g/mol. The molecule has 0 saturated carbocycles. The second-order valence-corrected chi connectivity index (χ2v) is 6.38. The molecule has 0 aliphatic heterocycles. The van der Waals surface area contributed by atoms with Crippen LogP contribution in [0.1, 0.15) is 25.7 Å². The van der Waals surface area contributed by atoms with Crippen LogP contribution >= 0.6 is 11.3 Å². The Kier molecular flexibility index (Phi) is 4.67. The van der Waals surface area contributed by atoms with Gasteiger partial charge in [-0.25, -0.2) is 9.78 Å². The molecule has 2 N–H and O–H groups in total. The van der Waals surface area contributed by atoms with Crippen molar-refractivity contribution >= 4 is 39.0 Å². The Bertz CT molecular complexity index is 948. The average Bonchev–Trinajstić information content (AvgIpc) is 2.95. The van der Waals surface area contributed by atoms with Crippen molar-refractivity contribution in [3.63, 3.8) is 0 Å². The average molecular weight is 356 g/mol. The van der Waals surface area contributed by atoms with E-state index >= 15 is 0 Å². The molecule has 0 radical (unpaired) electrons. The Balaban J connectivity index is 1.71. The standard InChI is InChI=1S/C18H16N2O4S/c1-10-3-8-13-15(19)16(25-17(13)20-10)18(22)24-9-14(21)11-4-6-12(23-2)7-5-11/h3-8H,9,19H2,1-2H3. The van der Waals surface area contributed by atoms with E-state index in [1.807, 2.05) is 19.1 Å². The second-order valence-electron chi connectivity index (χ2n) is 5.38. The molecule has 2 aromatic heterocycles. The molecule has 3 aromatic rings. The minimum Gasteiger partial charge on any atom is -0.497 e. The number of aryl methyl sites for hydroxylation is 1. The number of ketones is 1. The summed E-state index contributed by atoms with van der Waals surface area (Å²) in [4.78, 5) is 29.7. The van der Waals surface area contributed by atoms with Crippen LogP contribution < -0.4 is 10.5 Å². The quantitative estimate of drug-likeness (QED) is 0.557. The van der Waals surface area contributed by atoms with E-state index in [9.17, 15) is 9.59 Å². The third-order valence-electron chi connectivity index (χ3n) is 3.66. The van der Waals surface area contributed by atoms with Gasteiger partial charge in [-0.2, -0.15) is 0 Å². The molecule has 128 valence electrons. The zero-order valence-electron chi connectivity index (χ0n) is 13.7. The van der Waals surface area contributed by atoms with Gasteiger partial charge in [-0.05, 0) is 43.3 Å². The van der Waals surface area contributed by atoms with Crippen molar-refractivity contribution < 1.29 is 19.1 Å². The Morgan fingerprint density at radius 2 is 1.88 bits per heavy atom. The highest BCUT2D eigenvalue weighted by Gasteiger charge is 2.20. The maximum atomic E-state index is 12.3. The van der Waals surface area contributed by atoms with E-state index in [4.69, 9.17) is 15.2 Å². The lowest BCUT2D eigenvalue weighted by atomic mass is 10.1. The van der Waals surface area contributed by atoms with Gasteiger partial charge in [0.25, 0.3) is 0 Å². The first-order valence-electron chi connectivity index (χ1n) is 7.49. The molecule has 2 heterocycles. The molecule has 0 aliphatic rings. The van der Waals surface area contributed by atoms with Gasteiger partial charge in [0.05, 0.1) is 12.8 Å². The van der Waals surface area contributed by atoms with Crippen LogP contribution in [0.25, 0.3) is 10.2 Å². The van der Waals surface area contributed by atoms with Crippen LogP contribution in [0.3, 0.4) is 0 Å². The lowest BCUT2D eigenvalue weighted by molar-refractivity contribution is 0.0480. The number of thiophene rings is 1. The topological polar surface area (TPSA) is 91.5 Å². The number of hydrogen-bond donors (Lipinski definition) is 1. The van der Waals surface area contributed by atoms with Gasteiger partial charge in [0.15, 0.2) is 12.4 Å². The van der Waals surface area contributed by atoms with Crippen LogP contribution in [0.5, 0.6) is 5.75 Å². The number of hydrogen-bond acceptors (Lipinski definition) is 7. The van der Waals surface area contributed by atoms with Crippen molar-refractivity contribution in [2.24, 2.45) is 0 Å². The fourth-order valence-electron chi connectivity index (χ4n) is 2.30. The maximum Gasteiger partial charge on any atom is 0.350 e. The van der Waals surface area contributed by atoms with Crippen molar-refractivity contribution in [3.8, 4) is 5.75 Å². The molecule has 0 saturated heterocycles. The molecule has 3 rings (SSSR count). The van der Waals surface area contributed by atoms with E-state index < -0.39 is 5.97 Å². The molecule has 0 unspecified atom stereocenters. The van der Waals surface area contributed by atoms with E-state index in [1.165, 1.54) is 0 Å². The number of aromatic nitrogens is 1. The molecule has 1 aromatic carbocycles. The molecule has 0 atom stereocenters. The third kappa shape index (κ3) is 3.46. The Morgan fingerprint density at radius 3 is 2.56 bits per heavy atom. The number of anilines is 1. The molecule has 0 fully saturated rings. The fraction of sp³-hybridized carbons (Fsp3) is 0.167. The zero-order valence-corrected chi connectivity index (χ0v) is 14.6. The second kappa shape index (κ2) is 6.90. The van der Waals surface area contributed by atoms with Gasteiger partial charge in [0.1, 0.15) is 15.5 Å². The Hall–Kier alpha value is -2.93. The summed E-state index contributed by atoms with van der Waals surface area (Å²) in [7, 11) is 1.55. The summed E-state index contributed by atoms with van der Waals surface area (Å²) in [6.07, 6.45) is 0. The maximum absolute atomic E-state index is 12.3. The van der Waals surface area contributed by atoms with Gasteiger partial charge in [-0.3, -0.25) is 4.79 Å². The number of Topliss-reactive ketones (excluding diaryl/α,β-unsaturated/α-hetero) is 1. The van der Waals surface area contributed by atoms with E-state index in [0.717, 1.165) is 17.0 Å². The van der Waals surface area contributed by atoms with E-state index in [2.05, 4.69) is 4.98 Å². The highest BCUT2D eigenvalue weighted by molar-refractivity contribution is 7.21. The Morgan fingerprint density at radius 1 is 1.16 bits per heavy atom. The normalized spacial score (nSPS) is 10.6. The predicted molar refractivity (Wildman–Crippen MR) is 96.4 cm³/mol. The molecule has 6 nitrogen and oxygen atoms in total. The van der Waals surface area contributed by atoms with Gasteiger partial charge in [-0.1, -0.05) is 0 Å². The van der Waals surface area contributed by atoms with Crippen molar-refractivity contribution in [2.75, 3.05) is 19.5 Å². The highest BCUT2D eigenvalue weighted by Crippen LogP contribution is 2.33. The number of carbonyl (C=O) groups excluding carboxylic acids is 2. The van der Waals surface area contributed by atoms with Crippen molar-refractivity contribution in [1.82, 2.24) is 4.98 Å². The number of carbonyl (C=O) groups is 2. The summed E-state index contributed by atoms with van der Waals surface area (Å²) in [5.74, 6) is -0.279. The van der Waals surface area contributed by atoms with Gasteiger partial charge < -0.3 is 15.2 Å². The largest absolute Gasteiger partial charge is 0.497 e. The summed E-state index contributed by atoms with van der Waals surface area (Å²) >= 11 is 1.16. The summed E-state index contributed by atoms with van der Waals surface area (Å²) in [6, 6.07) is 10.2. The van der Waals surface area contributed by atoms with Gasteiger partial charge in [-0.15, -0.1) is 11.3 Å². The first-order valence-corrected chi connectivity index (χ1v) is 8.31. The number of benzene rings is 1. The smallest absolute Gasteiger partial charge is 0.350 e. The van der Waals surface area contributed by atoms with E-state index in [1.54, 1.807) is 31.4 Å².